The largest absolute Gasteiger partial charge is 0.462 e. The summed E-state index contributed by atoms with van der Waals surface area (Å²) in [7, 11) is 0. The van der Waals surface area contributed by atoms with Gasteiger partial charge in [-0.25, -0.2) is 0 Å². The second kappa shape index (κ2) is 36.9. The minimum atomic E-state index is -0.799. The third-order valence-corrected chi connectivity index (χ3v) is 7.77. The molecule has 0 amide bonds. The van der Waals surface area contributed by atoms with E-state index in [1.165, 1.54) is 38.5 Å². The Labute approximate surface area is 294 Å². The van der Waals surface area contributed by atoms with Crippen LogP contribution in [0, 0.1) is 0 Å². The van der Waals surface area contributed by atoms with Crippen LogP contribution in [-0.2, 0) is 28.6 Å². The van der Waals surface area contributed by atoms with Crippen molar-refractivity contribution in [3.05, 3.63) is 60.8 Å². The molecular weight excluding hydrogens is 600 g/mol. The fraction of sp³-hybridized carbons (Fsp3) is 0.690. The predicted molar refractivity (Wildman–Crippen MR) is 201 cm³/mol. The Bertz CT molecular complexity index is 913. The SMILES string of the molecule is CC/C=C\C/C=C\C/C=C\CCCCC(=O)OCC(COC(=O)CCCCCCCCCCC)OC(=O)CCCC/C=C\C/C=C\CC. The summed E-state index contributed by atoms with van der Waals surface area (Å²) in [6.07, 6.45) is 42.2. The van der Waals surface area contributed by atoms with Gasteiger partial charge in [-0.15, -0.1) is 0 Å². The molecule has 6 heteroatoms. The zero-order chi connectivity index (χ0) is 35.2. The van der Waals surface area contributed by atoms with Gasteiger partial charge in [-0.1, -0.05) is 133 Å². The molecule has 0 aliphatic heterocycles. The van der Waals surface area contributed by atoms with E-state index < -0.39 is 6.10 Å². The summed E-state index contributed by atoms with van der Waals surface area (Å²) >= 11 is 0. The molecule has 0 saturated carbocycles. The maximum Gasteiger partial charge on any atom is 0.306 e. The highest BCUT2D eigenvalue weighted by atomic mass is 16.6. The Kier molecular flexibility index (Phi) is 34.7. The van der Waals surface area contributed by atoms with Crippen molar-refractivity contribution < 1.29 is 28.6 Å². The summed E-state index contributed by atoms with van der Waals surface area (Å²) in [6, 6.07) is 0. The molecule has 0 aromatic rings. The summed E-state index contributed by atoms with van der Waals surface area (Å²) in [6.45, 7) is 6.27. The average molecular weight is 671 g/mol. The van der Waals surface area contributed by atoms with Gasteiger partial charge in [0, 0.05) is 19.3 Å². The molecule has 0 aliphatic rings. The van der Waals surface area contributed by atoms with Crippen molar-refractivity contribution in [3.8, 4) is 0 Å². The maximum absolute atomic E-state index is 12.6. The van der Waals surface area contributed by atoms with Crippen LogP contribution >= 0.6 is 0 Å². The minimum absolute atomic E-state index is 0.0998. The molecule has 0 fully saturated rings. The summed E-state index contributed by atoms with van der Waals surface area (Å²) in [5.41, 5.74) is 0. The Morgan fingerprint density at radius 3 is 1.27 bits per heavy atom. The molecule has 0 aliphatic carbocycles. The highest BCUT2D eigenvalue weighted by molar-refractivity contribution is 5.71. The van der Waals surface area contributed by atoms with Crippen molar-refractivity contribution in [3.63, 3.8) is 0 Å². The molecule has 48 heavy (non-hydrogen) atoms. The number of rotatable bonds is 33. The van der Waals surface area contributed by atoms with Crippen LogP contribution in [-0.4, -0.2) is 37.2 Å². The first-order valence-corrected chi connectivity index (χ1v) is 19.3. The van der Waals surface area contributed by atoms with Gasteiger partial charge in [-0.3, -0.25) is 14.4 Å². The van der Waals surface area contributed by atoms with Crippen molar-refractivity contribution in [2.75, 3.05) is 13.2 Å². The number of hydrogen-bond acceptors (Lipinski definition) is 6. The van der Waals surface area contributed by atoms with Crippen LogP contribution < -0.4 is 0 Å². The van der Waals surface area contributed by atoms with Crippen LogP contribution in [0.3, 0.4) is 0 Å². The van der Waals surface area contributed by atoms with Crippen molar-refractivity contribution in [1.29, 1.82) is 0 Å². The first kappa shape index (κ1) is 45.1. The number of unbranched alkanes of at least 4 members (excludes halogenated alkanes) is 12. The standard InChI is InChI=1S/C42H70O6/c1-4-7-10-13-16-19-20-21-24-26-29-32-35-41(44)47-38-39(48-42(45)36-33-30-27-23-18-15-12-9-6-3)37-46-40(43)34-31-28-25-22-17-14-11-8-5-2/h7,9-10,12,16,18-19,21,23-24,39H,4-6,8,11,13-15,17,20,22,25-38H2,1-3H3/b10-7-,12-9-,19-16-,23-18-,24-21-. The first-order chi connectivity index (χ1) is 23.5. The molecule has 0 spiro atoms. The molecule has 0 rings (SSSR count). The van der Waals surface area contributed by atoms with Gasteiger partial charge in [0.2, 0.25) is 0 Å². The highest BCUT2D eigenvalue weighted by Gasteiger charge is 2.19. The highest BCUT2D eigenvalue weighted by Crippen LogP contribution is 2.12. The molecule has 0 aromatic heterocycles. The van der Waals surface area contributed by atoms with Crippen LogP contribution in [0.2, 0.25) is 0 Å². The van der Waals surface area contributed by atoms with Gasteiger partial charge >= 0.3 is 17.9 Å². The monoisotopic (exact) mass is 671 g/mol. The third kappa shape index (κ3) is 34.4. The predicted octanol–water partition coefficient (Wildman–Crippen LogP) is 11.8. The molecule has 1 atom stereocenters. The van der Waals surface area contributed by atoms with Gasteiger partial charge < -0.3 is 14.2 Å². The van der Waals surface area contributed by atoms with Gasteiger partial charge in [0.15, 0.2) is 6.10 Å². The molecule has 0 N–H and O–H groups in total. The first-order valence-electron chi connectivity index (χ1n) is 19.3. The number of carbonyl (C=O) groups excluding carboxylic acids is 3. The van der Waals surface area contributed by atoms with E-state index in [1.807, 2.05) is 0 Å². The van der Waals surface area contributed by atoms with Gasteiger partial charge in [-0.05, 0) is 77.0 Å². The maximum atomic E-state index is 12.6. The van der Waals surface area contributed by atoms with Crippen molar-refractivity contribution in [2.45, 2.75) is 175 Å². The van der Waals surface area contributed by atoms with Crippen molar-refractivity contribution in [1.82, 2.24) is 0 Å². The van der Waals surface area contributed by atoms with Gasteiger partial charge in [0.1, 0.15) is 13.2 Å². The van der Waals surface area contributed by atoms with Crippen LogP contribution in [0.5, 0.6) is 0 Å². The smallest absolute Gasteiger partial charge is 0.306 e. The Morgan fingerprint density at radius 1 is 0.438 bits per heavy atom. The Balaban J connectivity index is 4.48. The lowest BCUT2D eigenvalue weighted by Crippen LogP contribution is -2.30. The number of allylic oxidation sites excluding steroid dienone is 10. The van der Waals surface area contributed by atoms with Crippen LogP contribution in [0.25, 0.3) is 0 Å². The Hall–Kier alpha value is -2.89. The minimum Gasteiger partial charge on any atom is -0.462 e. The van der Waals surface area contributed by atoms with E-state index in [0.717, 1.165) is 83.5 Å². The fourth-order valence-electron chi connectivity index (χ4n) is 4.90. The average Bonchev–Trinajstić information content (AvgIpc) is 3.08. The second-order valence-electron chi connectivity index (χ2n) is 12.4. The Morgan fingerprint density at radius 2 is 0.812 bits per heavy atom. The van der Waals surface area contributed by atoms with Crippen molar-refractivity contribution >= 4 is 17.9 Å². The molecule has 0 saturated heterocycles. The molecule has 1 unspecified atom stereocenters. The van der Waals surface area contributed by atoms with E-state index in [9.17, 15) is 14.4 Å². The van der Waals surface area contributed by atoms with Crippen LogP contribution in [0.1, 0.15) is 168 Å². The second-order valence-corrected chi connectivity index (χ2v) is 12.4. The molecule has 0 heterocycles. The zero-order valence-electron chi connectivity index (χ0n) is 31.0. The molecular formula is C42H70O6. The summed E-state index contributed by atoms with van der Waals surface area (Å²) in [4.78, 5) is 37.3. The normalized spacial score (nSPS) is 12.6. The van der Waals surface area contributed by atoms with Crippen molar-refractivity contribution in [2.24, 2.45) is 0 Å². The van der Waals surface area contributed by atoms with E-state index in [0.29, 0.717) is 19.3 Å². The molecule has 6 nitrogen and oxygen atoms in total. The molecule has 274 valence electrons. The molecule has 0 bridgehead atoms. The van der Waals surface area contributed by atoms with Gasteiger partial charge in [-0.2, -0.15) is 0 Å². The summed E-state index contributed by atoms with van der Waals surface area (Å²) < 4.78 is 16.5. The van der Waals surface area contributed by atoms with E-state index >= 15 is 0 Å². The number of ether oxygens (including phenoxy) is 3. The lowest BCUT2D eigenvalue weighted by atomic mass is 10.1. The van der Waals surface area contributed by atoms with Gasteiger partial charge in [0.25, 0.3) is 0 Å². The quantitative estimate of drug-likeness (QED) is 0.0299. The topological polar surface area (TPSA) is 78.9 Å². The van der Waals surface area contributed by atoms with Crippen LogP contribution in [0.15, 0.2) is 60.8 Å². The lowest BCUT2D eigenvalue weighted by Gasteiger charge is -2.18. The summed E-state index contributed by atoms with van der Waals surface area (Å²) in [5, 5.41) is 0. The fourth-order valence-corrected chi connectivity index (χ4v) is 4.90. The lowest BCUT2D eigenvalue weighted by molar-refractivity contribution is -0.167. The van der Waals surface area contributed by atoms with Crippen LogP contribution in [0.4, 0.5) is 0 Å². The summed E-state index contributed by atoms with van der Waals surface area (Å²) in [5.74, 6) is -0.993. The molecule has 0 radical (unpaired) electrons. The third-order valence-electron chi connectivity index (χ3n) is 7.77. The number of hydrogen-bond donors (Lipinski definition) is 0. The molecule has 0 aromatic carbocycles. The number of esters is 3. The number of carbonyl (C=O) groups is 3. The zero-order valence-corrected chi connectivity index (χ0v) is 31.0. The van der Waals surface area contributed by atoms with E-state index in [-0.39, 0.29) is 37.5 Å². The van der Waals surface area contributed by atoms with Gasteiger partial charge in [0.05, 0.1) is 0 Å². The van der Waals surface area contributed by atoms with E-state index in [4.69, 9.17) is 14.2 Å². The van der Waals surface area contributed by atoms with E-state index in [1.54, 1.807) is 0 Å². The van der Waals surface area contributed by atoms with E-state index in [2.05, 4.69) is 81.5 Å².